The third-order valence-electron chi connectivity index (χ3n) is 2.34. The highest BCUT2D eigenvalue weighted by atomic mass is 32.1. The number of thiophene rings is 1. The van der Waals surface area contributed by atoms with Gasteiger partial charge in [0.1, 0.15) is 5.82 Å². The summed E-state index contributed by atoms with van der Waals surface area (Å²) in [6, 6.07) is 4.25. The maximum atomic E-state index is 10.8. The predicted molar refractivity (Wildman–Crippen MR) is 70.1 cm³/mol. The van der Waals surface area contributed by atoms with Crippen molar-refractivity contribution in [2.24, 2.45) is 0 Å². The Balaban J connectivity index is 2.00. The Labute approximate surface area is 109 Å². The molecule has 0 fully saturated rings. The van der Waals surface area contributed by atoms with Crippen LogP contribution in [0.3, 0.4) is 0 Å². The highest BCUT2D eigenvalue weighted by Gasteiger charge is 2.09. The van der Waals surface area contributed by atoms with Crippen molar-refractivity contribution in [1.82, 2.24) is 9.97 Å². The molecule has 1 unspecified atom stereocenters. The molecule has 0 spiro atoms. The van der Waals surface area contributed by atoms with Crippen molar-refractivity contribution in [2.45, 2.75) is 19.4 Å². The summed E-state index contributed by atoms with van der Waals surface area (Å²) in [5.74, 6) is -0.587. The normalized spacial score (nSPS) is 12.1. The zero-order valence-corrected chi connectivity index (χ0v) is 10.6. The second kappa shape index (κ2) is 5.59. The number of hydrogen-bond acceptors (Lipinski definition) is 5. The van der Waals surface area contributed by atoms with Crippen molar-refractivity contribution in [3.8, 4) is 0 Å². The third kappa shape index (κ3) is 3.27. The van der Waals surface area contributed by atoms with Crippen LogP contribution in [-0.4, -0.2) is 27.1 Å². The molecule has 2 aromatic heterocycles. The first kappa shape index (κ1) is 12.5. The summed E-state index contributed by atoms with van der Waals surface area (Å²) in [7, 11) is 0. The molecule has 5 nitrogen and oxygen atoms in total. The van der Waals surface area contributed by atoms with Gasteiger partial charge in [0.25, 0.3) is 0 Å². The lowest BCUT2D eigenvalue weighted by atomic mass is 10.2. The molecule has 94 valence electrons. The summed E-state index contributed by atoms with van der Waals surface area (Å²) in [5.41, 5.74) is -0.0525. The zero-order valence-electron chi connectivity index (χ0n) is 9.83. The monoisotopic (exact) mass is 263 g/mol. The number of nitrogens with zero attached hydrogens (tertiary/aromatic N) is 2. The molecular formula is C12H13N3O2S. The number of hydrogen-bond donors (Lipinski definition) is 2. The minimum Gasteiger partial charge on any atom is -0.476 e. The van der Waals surface area contributed by atoms with Crippen molar-refractivity contribution in [1.29, 1.82) is 0 Å². The molecular weight excluding hydrogens is 250 g/mol. The molecule has 2 heterocycles. The first-order valence-corrected chi connectivity index (χ1v) is 6.37. The van der Waals surface area contributed by atoms with E-state index < -0.39 is 5.97 Å². The summed E-state index contributed by atoms with van der Waals surface area (Å²) in [4.78, 5) is 19.9. The molecule has 0 aliphatic carbocycles. The molecule has 6 heteroatoms. The molecule has 18 heavy (non-hydrogen) atoms. The highest BCUT2D eigenvalue weighted by molar-refractivity contribution is 7.09. The number of aromatic carboxylic acids is 1. The number of carbonyl (C=O) groups is 1. The minimum absolute atomic E-state index is 0.0525. The van der Waals surface area contributed by atoms with Crippen molar-refractivity contribution in [2.75, 3.05) is 5.32 Å². The van der Waals surface area contributed by atoms with Crippen LogP contribution in [0.1, 0.15) is 22.3 Å². The van der Waals surface area contributed by atoms with Crippen molar-refractivity contribution < 1.29 is 9.90 Å². The fraction of sp³-hybridized carbons (Fsp3) is 0.250. The second-order valence-electron chi connectivity index (χ2n) is 3.92. The fourth-order valence-electron chi connectivity index (χ4n) is 1.57. The molecule has 0 aliphatic rings. The summed E-state index contributed by atoms with van der Waals surface area (Å²) >= 11 is 1.70. The average Bonchev–Trinajstić information content (AvgIpc) is 2.82. The molecule has 2 rings (SSSR count). The second-order valence-corrected chi connectivity index (χ2v) is 4.96. The zero-order chi connectivity index (χ0) is 13.0. The van der Waals surface area contributed by atoms with E-state index in [1.165, 1.54) is 17.3 Å². The first-order valence-electron chi connectivity index (χ1n) is 5.49. The number of aromatic nitrogens is 2. The van der Waals surface area contributed by atoms with Gasteiger partial charge < -0.3 is 10.4 Å². The Kier molecular flexibility index (Phi) is 3.88. The van der Waals surface area contributed by atoms with Crippen molar-refractivity contribution in [3.05, 3.63) is 40.5 Å². The average molecular weight is 263 g/mol. The Morgan fingerprint density at radius 2 is 2.39 bits per heavy atom. The number of nitrogens with one attached hydrogen (secondary N) is 1. The Bertz CT molecular complexity index is 528. The topological polar surface area (TPSA) is 75.1 Å². The fourth-order valence-corrected chi connectivity index (χ4v) is 2.41. The van der Waals surface area contributed by atoms with Crippen LogP contribution in [0, 0.1) is 0 Å². The summed E-state index contributed by atoms with van der Waals surface area (Å²) in [6.07, 6.45) is 3.63. The Morgan fingerprint density at radius 3 is 3.06 bits per heavy atom. The van der Waals surface area contributed by atoms with Gasteiger partial charge in [-0.3, -0.25) is 4.98 Å². The number of anilines is 1. The van der Waals surface area contributed by atoms with Crippen LogP contribution in [0.5, 0.6) is 0 Å². The smallest absolute Gasteiger partial charge is 0.356 e. The summed E-state index contributed by atoms with van der Waals surface area (Å²) in [5, 5.41) is 14.0. The maximum Gasteiger partial charge on any atom is 0.356 e. The molecule has 0 bridgehead atoms. The van der Waals surface area contributed by atoms with Gasteiger partial charge in [-0.2, -0.15) is 0 Å². The van der Waals surface area contributed by atoms with Crippen LogP contribution in [0.25, 0.3) is 0 Å². The van der Waals surface area contributed by atoms with Gasteiger partial charge in [-0.1, -0.05) is 6.07 Å². The van der Waals surface area contributed by atoms with Crippen LogP contribution < -0.4 is 5.32 Å². The van der Waals surface area contributed by atoms with Gasteiger partial charge in [0.15, 0.2) is 5.69 Å². The van der Waals surface area contributed by atoms with Crippen LogP contribution in [-0.2, 0) is 6.42 Å². The third-order valence-corrected chi connectivity index (χ3v) is 3.23. The van der Waals surface area contributed by atoms with E-state index in [0.717, 1.165) is 6.42 Å². The van der Waals surface area contributed by atoms with Crippen LogP contribution in [0.4, 0.5) is 5.82 Å². The first-order chi connectivity index (χ1) is 8.65. The minimum atomic E-state index is -1.07. The van der Waals surface area contributed by atoms with E-state index >= 15 is 0 Å². The Hall–Kier alpha value is -1.95. The van der Waals surface area contributed by atoms with Gasteiger partial charge in [0.05, 0.1) is 12.4 Å². The number of carboxylic acid groups (broad SMARTS) is 1. The van der Waals surface area contributed by atoms with Gasteiger partial charge >= 0.3 is 5.97 Å². The number of rotatable bonds is 5. The van der Waals surface area contributed by atoms with Gasteiger partial charge in [-0.15, -0.1) is 11.3 Å². The molecule has 2 aromatic rings. The van der Waals surface area contributed by atoms with Gasteiger partial charge in [-0.05, 0) is 18.4 Å². The molecule has 0 saturated heterocycles. The molecule has 2 N–H and O–H groups in total. The largest absolute Gasteiger partial charge is 0.476 e. The van der Waals surface area contributed by atoms with E-state index in [4.69, 9.17) is 5.11 Å². The van der Waals surface area contributed by atoms with E-state index in [1.54, 1.807) is 11.3 Å². The highest BCUT2D eigenvalue weighted by Crippen LogP contribution is 2.13. The summed E-state index contributed by atoms with van der Waals surface area (Å²) in [6.45, 7) is 2.02. The quantitative estimate of drug-likeness (QED) is 0.865. The van der Waals surface area contributed by atoms with Gasteiger partial charge in [0, 0.05) is 17.3 Å². The van der Waals surface area contributed by atoms with Crippen molar-refractivity contribution >= 4 is 23.1 Å². The SMILES string of the molecule is CC(Cc1cccs1)Nc1cncc(C(=O)O)n1. The van der Waals surface area contributed by atoms with Crippen molar-refractivity contribution in [3.63, 3.8) is 0 Å². The van der Waals surface area contributed by atoms with E-state index in [2.05, 4.69) is 21.4 Å². The molecule has 0 aromatic carbocycles. The van der Waals surface area contributed by atoms with Crippen LogP contribution in [0.2, 0.25) is 0 Å². The van der Waals surface area contributed by atoms with Gasteiger partial charge in [0.2, 0.25) is 0 Å². The van der Waals surface area contributed by atoms with Crippen LogP contribution >= 0.6 is 11.3 Å². The summed E-state index contributed by atoms with van der Waals surface area (Å²) < 4.78 is 0. The molecule has 0 radical (unpaired) electrons. The van der Waals surface area contributed by atoms with E-state index in [9.17, 15) is 4.79 Å². The molecule has 1 atom stereocenters. The number of carboxylic acids is 1. The lowest BCUT2D eigenvalue weighted by Gasteiger charge is -2.13. The van der Waals surface area contributed by atoms with E-state index in [-0.39, 0.29) is 11.7 Å². The lowest BCUT2D eigenvalue weighted by molar-refractivity contribution is 0.0690. The van der Waals surface area contributed by atoms with Crippen LogP contribution in [0.15, 0.2) is 29.9 Å². The molecule has 0 saturated carbocycles. The Morgan fingerprint density at radius 1 is 1.56 bits per heavy atom. The molecule has 0 amide bonds. The van der Waals surface area contributed by atoms with E-state index in [0.29, 0.717) is 5.82 Å². The van der Waals surface area contributed by atoms with Gasteiger partial charge in [-0.25, -0.2) is 9.78 Å². The lowest BCUT2D eigenvalue weighted by Crippen LogP contribution is -2.19. The molecule has 0 aliphatic heterocycles. The maximum absolute atomic E-state index is 10.8. The predicted octanol–water partition coefficient (Wildman–Crippen LogP) is 2.28. The standard InChI is InChI=1S/C12H13N3O2S/c1-8(5-9-3-2-4-18-9)14-11-7-13-6-10(15-11)12(16)17/h2-4,6-8H,5H2,1H3,(H,14,15)(H,16,17). The van der Waals surface area contributed by atoms with E-state index in [1.807, 2.05) is 18.4 Å².